The van der Waals surface area contributed by atoms with Gasteiger partial charge in [-0.05, 0) is 19.8 Å². The summed E-state index contributed by atoms with van der Waals surface area (Å²) in [7, 11) is 0. The van der Waals surface area contributed by atoms with E-state index in [0.29, 0.717) is 0 Å². The fraction of sp³-hybridized carbons (Fsp3) is 0.692. The Balaban J connectivity index is 2.92. The van der Waals surface area contributed by atoms with Crippen LogP contribution in [0.5, 0.6) is 0 Å². The van der Waals surface area contributed by atoms with E-state index in [1.54, 1.807) is 13.8 Å². The summed E-state index contributed by atoms with van der Waals surface area (Å²) in [6, 6.07) is -0.773. The van der Waals surface area contributed by atoms with Crippen molar-refractivity contribution in [1.82, 2.24) is 10.2 Å². The van der Waals surface area contributed by atoms with Gasteiger partial charge in [0.15, 0.2) is 0 Å². The van der Waals surface area contributed by atoms with Crippen LogP contribution < -0.4 is 5.32 Å². The molecule has 2 atom stereocenters. The molecule has 0 saturated carbocycles. The number of imide groups is 1. The van der Waals surface area contributed by atoms with Gasteiger partial charge >= 0.3 is 5.97 Å². The van der Waals surface area contributed by atoms with Crippen LogP contribution in [0.25, 0.3) is 0 Å². The predicted octanol–water partition coefficient (Wildman–Crippen LogP) is -0.00310. The second-order valence-electron chi connectivity index (χ2n) is 5.66. The monoisotopic (exact) mass is 284 g/mol. The first-order chi connectivity index (χ1) is 9.09. The summed E-state index contributed by atoms with van der Waals surface area (Å²) >= 11 is 0. The molecule has 0 aromatic heterocycles. The molecule has 1 fully saturated rings. The standard InChI is InChI=1S/C13H20N2O5/c1-7(2)13(4,12(19)20)5-10(17)15-6-9(16)14-11(18)8(15)3/h7-8H,5-6H2,1-4H3,(H,19,20)(H,14,16,18). The van der Waals surface area contributed by atoms with E-state index in [9.17, 15) is 24.3 Å². The number of carbonyl (C=O) groups is 4. The van der Waals surface area contributed by atoms with Crippen LogP contribution in [-0.2, 0) is 19.2 Å². The number of piperazine rings is 1. The molecule has 7 heteroatoms. The van der Waals surface area contributed by atoms with Crippen molar-refractivity contribution < 1.29 is 24.3 Å². The van der Waals surface area contributed by atoms with Gasteiger partial charge < -0.3 is 10.0 Å². The van der Waals surface area contributed by atoms with Crippen molar-refractivity contribution in [3.8, 4) is 0 Å². The zero-order chi connectivity index (χ0) is 15.7. The average molecular weight is 284 g/mol. The van der Waals surface area contributed by atoms with Gasteiger partial charge in [0.1, 0.15) is 12.6 Å². The number of aliphatic carboxylic acids is 1. The second kappa shape index (κ2) is 5.60. The molecule has 1 saturated heterocycles. The van der Waals surface area contributed by atoms with Crippen molar-refractivity contribution in [2.75, 3.05) is 6.54 Å². The van der Waals surface area contributed by atoms with Gasteiger partial charge in [0.25, 0.3) is 0 Å². The molecular weight excluding hydrogens is 264 g/mol. The first kappa shape index (κ1) is 16.1. The molecule has 0 aliphatic carbocycles. The molecule has 0 aromatic rings. The molecule has 0 spiro atoms. The first-order valence-electron chi connectivity index (χ1n) is 6.46. The summed E-state index contributed by atoms with van der Waals surface area (Å²) < 4.78 is 0. The Bertz CT molecular complexity index is 460. The van der Waals surface area contributed by atoms with Crippen LogP contribution in [-0.4, -0.2) is 46.3 Å². The van der Waals surface area contributed by atoms with Gasteiger partial charge in [0.2, 0.25) is 17.7 Å². The van der Waals surface area contributed by atoms with Crippen molar-refractivity contribution in [3.63, 3.8) is 0 Å². The quantitative estimate of drug-likeness (QED) is 0.707. The SMILES string of the molecule is CC1C(=O)NC(=O)CN1C(=O)CC(C)(C(=O)O)C(C)C. The molecule has 1 aliphatic rings. The summed E-state index contributed by atoms with van der Waals surface area (Å²) in [6.07, 6.45) is -0.245. The largest absolute Gasteiger partial charge is 0.481 e. The summed E-state index contributed by atoms with van der Waals surface area (Å²) in [4.78, 5) is 47.6. The molecule has 0 radical (unpaired) electrons. The van der Waals surface area contributed by atoms with E-state index in [2.05, 4.69) is 5.32 Å². The van der Waals surface area contributed by atoms with Crippen LogP contribution >= 0.6 is 0 Å². The fourth-order valence-electron chi connectivity index (χ4n) is 1.96. The number of nitrogens with zero attached hydrogens (tertiary/aromatic N) is 1. The zero-order valence-electron chi connectivity index (χ0n) is 12.1. The molecule has 0 aromatic carbocycles. The van der Waals surface area contributed by atoms with Crippen molar-refractivity contribution in [3.05, 3.63) is 0 Å². The van der Waals surface area contributed by atoms with Crippen molar-refractivity contribution in [2.45, 2.75) is 40.2 Å². The van der Waals surface area contributed by atoms with E-state index in [1.807, 2.05) is 0 Å². The molecule has 20 heavy (non-hydrogen) atoms. The Hall–Kier alpha value is -1.92. The lowest BCUT2D eigenvalue weighted by molar-refractivity contribution is -0.158. The number of hydrogen-bond donors (Lipinski definition) is 2. The lowest BCUT2D eigenvalue weighted by Crippen LogP contribution is -2.59. The van der Waals surface area contributed by atoms with Gasteiger partial charge in [-0.3, -0.25) is 24.5 Å². The van der Waals surface area contributed by atoms with Gasteiger partial charge in [-0.15, -0.1) is 0 Å². The van der Waals surface area contributed by atoms with E-state index in [0.717, 1.165) is 4.90 Å². The number of carboxylic acids is 1. The minimum Gasteiger partial charge on any atom is -0.481 e. The lowest BCUT2D eigenvalue weighted by Gasteiger charge is -2.35. The van der Waals surface area contributed by atoms with Crippen molar-refractivity contribution in [2.24, 2.45) is 11.3 Å². The van der Waals surface area contributed by atoms with Crippen LogP contribution in [0.1, 0.15) is 34.1 Å². The Kier molecular flexibility index (Phi) is 4.52. The molecule has 1 aliphatic heterocycles. The van der Waals surface area contributed by atoms with Gasteiger partial charge in [0.05, 0.1) is 5.41 Å². The molecular formula is C13H20N2O5. The molecule has 3 amide bonds. The topological polar surface area (TPSA) is 104 Å². The number of hydrogen-bond acceptors (Lipinski definition) is 4. The normalized spacial score (nSPS) is 22.4. The van der Waals surface area contributed by atoms with Gasteiger partial charge in [-0.25, -0.2) is 0 Å². The highest BCUT2D eigenvalue weighted by molar-refractivity contribution is 6.04. The average Bonchev–Trinajstić information content (AvgIpc) is 2.32. The van der Waals surface area contributed by atoms with Gasteiger partial charge in [0, 0.05) is 6.42 Å². The number of rotatable bonds is 4. The third kappa shape index (κ3) is 2.97. The maximum atomic E-state index is 12.3. The molecule has 0 bridgehead atoms. The fourth-order valence-corrected chi connectivity index (χ4v) is 1.96. The number of amides is 3. The molecule has 7 nitrogen and oxygen atoms in total. The lowest BCUT2D eigenvalue weighted by atomic mass is 9.76. The van der Waals surface area contributed by atoms with E-state index in [4.69, 9.17) is 0 Å². The minimum atomic E-state index is -1.23. The van der Waals surface area contributed by atoms with Crippen LogP contribution in [0.2, 0.25) is 0 Å². The Labute approximate surface area is 117 Å². The maximum absolute atomic E-state index is 12.3. The van der Waals surface area contributed by atoms with E-state index in [-0.39, 0.29) is 18.9 Å². The summed E-state index contributed by atoms with van der Waals surface area (Å²) in [5.74, 6) is -2.92. The van der Waals surface area contributed by atoms with E-state index in [1.165, 1.54) is 13.8 Å². The predicted molar refractivity (Wildman–Crippen MR) is 69.5 cm³/mol. The van der Waals surface area contributed by atoms with Crippen LogP contribution in [0.4, 0.5) is 0 Å². The van der Waals surface area contributed by atoms with E-state index >= 15 is 0 Å². The summed E-state index contributed by atoms with van der Waals surface area (Å²) in [5, 5.41) is 11.4. The smallest absolute Gasteiger partial charge is 0.310 e. The summed E-state index contributed by atoms with van der Waals surface area (Å²) in [5.41, 5.74) is -1.23. The highest BCUT2D eigenvalue weighted by Crippen LogP contribution is 2.32. The zero-order valence-corrected chi connectivity index (χ0v) is 12.1. The number of nitrogens with one attached hydrogen (secondary N) is 1. The molecule has 2 unspecified atom stereocenters. The molecule has 1 heterocycles. The summed E-state index contributed by atoms with van der Waals surface area (Å²) in [6.45, 7) is 6.22. The van der Waals surface area contributed by atoms with Crippen LogP contribution in [0, 0.1) is 11.3 Å². The number of carboxylic acid groups (broad SMARTS) is 1. The van der Waals surface area contributed by atoms with Crippen molar-refractivity contribution >= 4 is 23.7 Å². The van der Waals surface area contributed by atoms with Gasteiger partial charge in [-0.2, -0.15) is 0 Å². The third-order valence-corrected chi connectivity index (χ3v) is 4.03. The second-order valence-corrected chi connectivity index (χ2v) is 5.66. The Morgan fingerprint density at radius 3 is 2.45 bits per heavy atom. The highest BCUT2D eigenvalue weighted by Gasteiger charge is 2.42. The highest BCUT2D eigenvalue weighted by atomic mass is 16.4. The Morgan fingerprint density at radius 1 is 1.45 bits per heavy atom. The van der Waals surface area contributed by atoms with Gasteiger partial charge in [-0.1, -0.05) is 13.8 Å². The first-order valence-corrected chi connectivity index (χ1v) is 6.46. The van der Waals surface area contributed by atoms with Crippen LogP contribution in [0.15, 0.2) is 0 Å². The number of carbonyl (C=O) groups excluding carboxylic acids is 3. The third-order valence-electron chi connectivity index (χ3n) is 4.03. The Morgan fingerprint density at radius 2 is 2.00 bits per heavy atom. The van der Waals surface area contributed by atoms with Crippen molar-refractivity contribution in [1.29, 1.82) is 0 Å². The van der Waals surface area contributed by atoms with E-state index < -0.39 is 35.1 Å². The molecule has 2 N–H and O–H groups in total. The minimum absolute atomic E-state index is 0.223. The molecule has 1 rings (SSSR count). The maximum Gasteiger partial charge on any atom is 0.310 e. The molecule has 112 valence electrons. The van der Waals surface area contributed by atoms with Crippen LogP contribution in [0.3, 0.4) is 0 Å².